The Bertz CT molecular complexity index is 1820. The fourth-order valence-electron chi connectivity index (χ4n) is 7.21. The number of hydrogen-bond acceptors (Lipinski definition) is 0. The standard InChI is InChI=1S/C21H25.C13H10.C9H15Si.2ClH.Zr/c1-20(2,3)16-7-9-18-14(12-16)11-15-13-17(21(4,5)6)8-10-19(15)18;1-3-7-12(8-4-1)11-13-9-5-2-6-10-13;1-8-5-6-9(7-8)10(2,3)4;;;/h7-10,12H,11H2,1-6H3;1-10H;6-8H,1-4H3;2*1H;/q;;;;;+2/p-2. The van der Waals surface area contributed by atoms with Gasteiger partial charge in [-0.05, 0) is 0 Å². The molecule has 4 aromatic rings. The molecule has 0 saturated heterocycles. The van der Waals surface area contributed by atoms with Crippen molar-refractivity contribution in [3.05, 3.63) is 145 Å². The maximum absolute atomic E-state index is 2.88. The molecule has 1 atom stereocenters. The molecule has 0 radical (unpaired) electrons. The molecule has 47 heavy (non-hydrogen) atoms. The summed E-state index contributed by atoms with van der Waals surface area (Å²) in [6, 6.07) is 35.1. The van der Waals surface area contributed by atoms with E-state index in [1.165, 1.54) is 33.4 Å². The number of benzene rings is 4. The molecule has 0 fully saturated rings. The normalized spacial score (nSPS) is 15.3. The van der Waals surface area contributed by atoms with Gasteiger partial charge in [0.05, 0.1) is 0 Å². The molecule has 0 heterocycles. The van der Waals surface area contributed by atoms with Gasteiger partial charge in [-0.3, -0.25) is 0 Å². The van der Waals surface area contributed by atoms with E-state index in [4.69, 9.17) is 0 Å². The van der Waals surface area contributed by atoms with Gasteiger partial charge in [0.1, 0.15) is 0 Å². The molecule has 2 aliphatic rings. The SMILES string of the molecule is CC1C=C([Si](C)(C)C)C=[C]1[Zr+2](=[C](c1ccccc1)c1ccccc1)[c]1c(C(C)(C)C)ccc2c1Cc1cc(C(C)(C)C)ccc1-2.[Cl-].[Cl-]. The van der Waals surface area contributed by atoms with E-state index in [1.54, 1.807) is 26.1 Å². The van der Waals surface area contributed by atoms with Crippen molar-refractivity contribution in [2.45, 2.75) is 85.4 Å². The van der Waals surface area contributed by atoms with E-state index < -0.39 is 29.3 Å². The van der Waals surface area contributed by atoms with Crippen LogP contribution < -0.4 is 28.1 Å². The third kappa shape index (κ3) is 7.43. The first-order valence-corrected chi connectivity index (χ1v) is 23.9. The van der Waals surface area contributed by atoms with Crippen LogP contribution in [-0.4, -0.2) is 11.3 Å². The Morgan fingerprint density at radius 2 is 1.26 bits per heavy atom. The second-order valence-electron chi connectivity index (χ2n) is 16.3. The number of allylic oxidation sites excluding steroid dienone is 4. The quantitative estimate of drug-likeness (QED) is 0.228. The van der Waals surface area contributed by atoms with Gasteiger partial charge in [-0.15, -0.1) is 0 Å². The van der Waals surface area contributed by atoms with E-state index in [-0.39, 0.29) is 35.6 Å². The Morgan fingerprint density at radius 1 is 0.702 bits per heavy atom. The van der Waals surface area contributed by atoms with Gasteiger partial charge in [0, 0.05) is 0 Å². The summed E-state index contributed by atoms with van der Waals surface area (Å²) < 4.78 is 5.08. The number of hydrogen-bond donors (Lipinski definition) is 0. The Hall–Kier alpha value is -2.09. The second-order valence-corrected chi connectivity index (χ2v) is 27.1. The molecular weight excluding hydrogens is 707 g/mol. The van der Waals surface area contributed by atoms with Crippen LogP contribution in [0.15, 0.2) is 112 Å². The van der Waals surface area contributed by atoms with E-state index in [0.29, 0.717) is 5.92 Å². The van der Waals surface area contributed by atoms with Crippen LogP contribution in [0.5, 0.6) is 0 Å². The van der Waals surface area contributed by atoms with Crippen LogP contribution in [0.3, 0.4) is 0 Å². The maximum Gasteiger partial charge on any atom is -1.00 e. The van der Waals surface area contributed by atoms with Gasteiger partial charge in [-0.2, -0.15) is 0 Å². The van der Waals surface area contributed by atoms with Crippen LogP contribution in [0.25, 0.3) is 11.1 Å². The number of halogens is 2. The van der Waals surface area contributed by atoms with Gasteiger partial charge in [-0.1, -0.05) is 0 Å². The van der Waals surface area contributed by atoms with Gasteiger partial charge in [0.25, 0.3) is 0 Å². The fraction of sp³-hybridized carbons (Fsp3) is 0.326. The smallest absolute Gasteiger partial charge is 1.00 e. The largest absolute Gasteiger partial charge is 1.00 e. The Morgan fingerprint density at radius 3 is 1.74 bits per heavy atom. The van der Waals surface area contributed by atoms with Crippen LogP contribution in [0.2, 0.25) is 19.6 Å². The average Bonchev–Trinajstić information content (AvgIpc) is 3.55. The minimum atomic E-state index is -2.88. The summed E-state index contributed by atoms with van der Waals surface area (Å²) >= 11 is -2.88. The molecule has 4 aromatic carbocycles. The molecule has 0 nitrogen and oxygen atoms in total. The molecule has 0 aromatic heterocycles. The second kappa shape index (κ2) is 14.0. The summed E-state index contributed by atoms with van der Waals surface area (Å²) in [7, 11) is -1.49. The van der Waals surface area contributed by atoms with Crippen molar-refractivity contribution in [1.82, 2.24) is 0 Å². The molecule has 6 rings (SSSR count). The van der Waals surface area contributed by atoms with E-state index in [1.807, 2.05) is 0 Å². The molecule has 244 valence electrons. The zero-order chi connectivity index (χ0) is 32.3. The predicted octanol–water partition coefficient (Wildman–Crippen LogP) is 4.71. The molecular formula is C43H50Cl2SiZr. The summed E-state index contributed by atoms with van der Waals surface area (Å²) in [6.07, 6.45) is 6.38. The Labute approximate surface area is 305 Å². The van der Waals surface area contributed by atoms with Gasteiger partial charge >= 0.3 is 283 Å². The first-order valence-electron chi connectivity index (χ1n) is 16.7. The minimum Gasteiger partial charge on any atom is -1.00 e. The van der Waals surface area contributed by atoms with E-state index >= 15 is 0 Å². The zero-order valence-corrected chi connectivity index (χ0v) is 34.8. The molecule has 0 saturated carbocycles. The molecule has 1 unspecified atom stereocenters. The zero-order valence-electron chi connectivity index (χ0n) is 29.9. The Balaban J connectivity index is 0.00000250. The summed E-state index contributed by atoms with van der Waals surface area (Å²) in [5.41, 5.74) is 12.0. The van der Waals surface area contributed by atoms with Crippen molar-refractivity contribution in [2.75, 3.05) is 0 Å². The molecule has 0 bridgehead atoms. The van der Waals surface area contributed by atoms with Crippen LogP contribution in [0.4, 0.5) is 0 Å². The average molecular weight is 757 g/mol. The molecule has 0 aliphatic heterocycles. The van der Waals surface area contributed by atoms with Crippen LogP contribution in [0.1, 0.15) is 81.8 Å². The monoisotopic (exact) mass is 754 g/mol. The number of fused-ring (bicyclic) bond motifs is 3. The molecule has 0 amide bonds. The van der Waals surface area contributed by atoms with Crippen molar-refractivity contribution in [3.8, 4) is 11.1 Å². The first-order chi connectivity index (χ1) is 21.1. The van der Waals surface area contributed by atoms with Gasteiger partial charge < -0.3 is 24.8 Å². The van der Waals surface area contributed by atoms with Crippen molar-refractivity contribution >= 4 is 14.6 Å². The summed E-state index contributed by atoms with van der Waals surface area (Å²) in [4.78, 5) is 0. The minimum absolute atomic E-state index is 0. The van der Waals surface area contributed by atoms with Gasteiger partial charge in [-0.25, -0.2) is 0 Å². The van der Waals surface area contributed by atoms with Crippen molar-refractivity contribution < 1.29 is 46.1 Å². The van der Waals surface area contributed by atoms with Crippen LogP contribution in [0, 0.1) is 5.92 Å². The van der Waals surface area contributed by atoms with Crippen molar-refractivity contribution in [2.24, 2.45) is 5.92 Å². The summed E-state index contributed by atoms with van der Waals surface area (Å²) in [5.74, 6) is 0.462. The van der Waals surface area contributed by atoms with Crippen LogP contribution in [-0.2, 0) is 38.5 Å². The van der Waals surface area contributed by atoms with Crippen molar-refractivity contribution in [3.63, 3.8) is 0 Å². The topological polar surface area (TPSA) is 0 Å². The first kappa shape index (κ1) is 37.7. The molecule has 0 N–H and O–H groups in total. The van der Waals surface area contributed by atoms with Crippen LogP contribution >= 0.6 is 0 Å². The molecule has 0 spiro atoms. The maximum atomic E-state index is 2.71. The number of rotatable bonds is 5. The molecule has 2 aliphatic carbocycles. The van der Waals surface area contributed by atoms with E-state index in [0.717, 1.165) is 6.42 Å². The van der Waals surface area contributed by atoms with E-state index in [2.05, 4.69) is 171 Å². The summed E-state index contributed by atoms with van der Waals surface area (Å²) in [5, 5.41) is 1.63. The predicted molar refractivity (Wildman–Crippen MR) is 196 cm³/mol. The van der Waals surface area contributed by atoms with E-state index in [9.17, 15) is 0 Å². The third-order valence-electron chi connectivity index (χ3n) is 9.76. The summed E-state index contributed by atoms with van der Waals surface area (Å²) in [6.45, 7) is 24.3. The molecule has 4 heteroatoms. The van der Waals surface area contributed by atoms with Crippen molar-refractivity contribution in [1.29, 1.82) is 0 Å². The van der Waals surface area contributed by atoms with Gasteiger partial charge in [0.2, 0.25) is 0 Å². The van der Waals surface area contributed by atoms with Gasteiger partial charge in [0.15, 0.2) is 0 Å². The Kier molecular flexibility index (Phi) is 11.3. The fourth-order valence-corrected chi connectivity index (χ4v) is 18.3. The third-order valence-corrected chi connectivity index (χ3v) is 20.0.